The van der Waals surface area contributed by atoms with E-state index in [1.165, 1.54) is 0 Å². The molecule has 2 aromatic rings. The van der Waals surface area contributed by atoms with Crippen LogP contribution in [0.2, 0.25) is 0 Å². The zero-order valence-electron chi connectivity index (χ0n) is 10.5. The van der Waals surface area contributed by atoms with Crippen molar-refractivity contribution in [1.29, 1.82) is 0 Å². The molecule has 0 unspecified atom stereocenters. The van der Waals surface area contributed by atoms with E-state index >= 15 is 0 Å². The van der Waals surface area contributed by atoms with Crippen molar-refractivity contribution in [2.24, 2.45) is 0 Å². The molecule has 0 fully saturated rings. The minimum absolute atomic E-state index is 0.757. The van der Waals surface area contributed by atoms with Gasteiger partial charge in [-0.15, -0.1) is 0 Å². The number of nitrogens with one attached hydrogen (secondary N) is 1. The van der Waals surface area contributed by atoms with Crippen LogP contribution in [0.5, 0.6) is 0 Å². The molecule has 0 radical (unpaired) electrons. The Balaban J connectivity index is 2.18. The van der Waals surface area contributed by atoms with E-state index in [2.05, 4.69) is 15.0 Å². The maximum Gasteiger partial charge on any atom is 0.179 e. The molecule has 5 nitrogen and oxygen atoms in total. The Morgan fingerprint density at radius 2 is 2.12 bits per heavy atom. The molecular formula is C12H18N4O. The number of methoxy groups -OCH3 is 1. The van der Waals surface area contributed by atoms with E-state index in [-0.39, 0.29) is 0 Å². The topological polar surface area (TPSA) is 54.0 Å². The van der Waals surface area contributed by atoms with Crippen molar-refractivity contribution >= 4 is 17.0 Å². The number of imidazole rings is 1. The van der Waals surface area contributed by atoms with E-state index in [1.54, 1.807) is 7.11 Å². The molecule has 0 atom stereocenters. The summed E-state index contributed by atoms with van der Waals surface area (Å²) in [6.07, 6.45) is 1.86. The number of hydrogen-bond donors (Lipinski definition) is 1. The Labute approximate surface area is 101 Å². The van der Waals surface area contributed by atoms with Crippen molar-refractivity contribution in [1.82, 2.24) is 15.0 Å². The Morgan fingerprint density at radius 3 is 2.82 bits per heavy atom. The zero-order valence-corrected chi connectivity index (χ0v) is 10.5. The summed E-state index contributed by atoms with van der Waals surface area (Å²) in [5.41, 5.74) is 1.77. The number of anilines is 1. The van der Waals surface area contributed by atoms with Gasteiger partial charge in [-0.05, 0) is 18.6 Å². The number of ether oxygens (including phenoxy) is 1. The lowest BCUT2D eigenvalue weighted by atomic mass is 10.3. The van der Waals surface area contributed by atoms with Crippen LogP contribution in [0.4, 0.5) is 5.82 Å². The summed E-state index contributed by atoms with van der Waals surface area (Å²) in [5, 5.41) is 0. The average molecular weight is 234 g/mol. The van der Waals surface area contributed by atoms with Gasteiger partial charge in [0.05, 0.1) is 5.52 Å². The van der Waals surface area contributed by atoms with Crippen LogP contribution < -0.4 is 4.90 Å². The van der Waals surface area contributed by atoms with Crippen molar-refractivity contribution in [2.45, 2.75) is 12.8 Å². The van der Waals surface area contributed by atoms with Crippen LogP contribution in [0.1, 0.15) is 12.2 Å². The molecule has 0 aliphatic rings. The fraction of sp³-hybridized carbons (Fsp3) is 0.500. The lowest BCUT2D eigenvalue weighted by Crippen LogP contribution is -2.10. The Bertz CT molecular complexity index is 492. The summed E-state index contributed by atoms with van der Waals surface area (Å²) in [5.74, 6) is 1.90. The summed E-state index contributed by atoms with van der Waals surface area (Å²) in [6, 6.07) is 4.00. The van der Waals surface area contributed by atoms with Crippen molar-refractivity contribution in [3.05, 3.63) is 18.0 Å². The number of fused-ring (bicyclic) bond motifs is 1. The van der Waals surface area contributed by atoms with Gasteiger partial charge >= 0.3 is 0 Å². The van der Waals surface area contributed by atoms with Gasteiger partial charge in [-0.1, -0.05) is 0 Å². The maximum absolute atomic E-state index is 5.02. The van der Waals surface area contributed by atoms with Crippen LogP contribution >= 0.6 is 0 Å². The Kier molecular flexibility index (Phi) is 3.58. The predicted molar refractivity (Wildman–Crippen MR) is 68.4 cm³/mol. The third-order valence-corrected chi connectivity index (χ3v) is 2.60. The van der Waals surface area contributed by atoms with Gasteiger partial charge in [0, 0.05) is 34.2 Å². The second kappa shape index (κ2) is 5.14. The molecule has 0 bridgehead atoms. The normalized spacial score (nSPS) is 11.0. The van der Waals surface area contributed by atoms with Crippen molar-refractivity contribution in [3.63, 3.8) is 0 Å². The number of hydrogen-bond acceptors (Lipinski definition) is 4. The molecule has 2 aromatic heterocycles. The van der Waals surface area contributed by atoms with Crippen LogP contribution in [0.15, 0.2) is 12.1 Å². The molecule has 92 valence electrons. The molecule has 1 N–H and O–H groups in total. The van der Waals surface area contributed by atoms with Gasteiger partial charge in [-0.3, -0.25) is 0 Å². The summed E-state index contributed by atoms with van der Waals surface area (Å²) in [6.45, 7) is 0.757. The molecule has 5 heteroatoms. The number of aromatic amines is 1. The highest BCUT2D eigenvalue weighted by atomic mass is 16.5. The van der Waals surface area contributed by atoms with Crippen LogP contribution in [0.25, 0.3) is 11.2 Å². The van der Waals surface area contributed by atoms with E-state index in [9.17, 15) is 0 Å². The summed E-state index contributed by atoms with van der Waals surface area (Å²) in [7, 11) is 5.66. The first kappa shape index (κ1) is 11.9. The first-order valence-electron chi connectivity index (χ1n) is 5.72. The molecule has 0 saturated heterocycles. The van der Waals surface area contributed by atoms with Crippen LogP contribution in [0, 0.1) is 0 Å². The van der Waals surface area contributed by atoms with Gasteiger partial charge in [-0.25, -0.2) is 9.97 Å². The Morgan fingerprint density at radius 1 is 1.29 bits per heavy atom. The van der Waals surface area contributed by atoms with Crippen molar-refractivity contribution < 1.29 is 4.74 Å². The molecule has 0 aliphatic carbocycles. The lowest BCUT2D eigenvalue weighted by Gasteiger charge is -2.09. The SMILES string of the molecule is COCCCc1nc2nc(N(C)C)ccc2[nH]1. The van der Waals surface area contributed by atoms with E-state index in [0.717, 1.165) is 42.3 Å². The van der Waals surface area contributed by atoms with E-state index in [4.69, 9.17) is 4.74 Å². The molecule has 0 saturated carbocycles. The molecule has 0 aromatic carbocycles. The number of rotatable bonds is 5. The second-order valence-electron chi connectivity index (χ2n) is 4.21. The highest BCUT2D eigenvalue weighted by molar-refractivity contribution is 5.73. The molecule has 0 spiro atoms. The molecule has 0 amide bonds. The minimum atomic E-state index is 0.757. The van der Waals surface area contributed by atoms with Gasteiger partial charge in [-0.2, -0.15) is 0 Å². The van der Waals surface area contributed by atoms with Gasteiger partial charge < -0.3 is 14.6 Å². The number of pyridine rings is 1. The molecule has 2 heterocycles. The summed E-state index contributed by atoms with van der Waals surface area (Å²) in [4.78, 5) is 14.2. The highest BCUT2D eigenvalue weighted by Gasteiger charge is 2.05. The number of aryl methyl sites for hydroxylation is 1. The quantitative estimate of drug-likeness (QED) is 0.798. The molecule has 17 heavy (non-hydrogen) atoms. The number of aromatic nitrogens is 3. The zero-order chi connectivity index (χ0) is 12.3. The van der Waals surface area contributed by atoms with Gasteiger partial charge in [0.15, 0.2) is 5.65 Å². The Hall–Kier alpha value is -1.62. The van der Waals surface area contributed by atoms with Crippen LogP contribution in [-0.4, -0.2) is 42.8 Å². The minimum Gasteiger partial charge on any atom is -0.385 e. The second-order valence-corrected chi connectivity index (χ2v) is 4.21. The van der Waals surface area contributed by atoms with Gasteiger partial charge in [0.1, 0.15) is 11.6 Å². The van der Waals surface area contributed by atoms with Gasteiger partial charge in [0.2, 0.25) is 0 Å². The third-order valence-electron chi connectivity index (χ3n) is 2.60. The summed E-state index contributed by atoms with van der Waals surface area (Å²) >= 11 is 0. The third kappa shape index (κ3) is 2.74. The van der Waals surface area contributed by atoms with Crippen LogP contribution in [-0.2, 0) is 11.2 Å². The first-order valence-corrected chi connectivity index (χ1v) is 5.72. The summed E-state index contributed by atoms with van der Waals surface area (Å²) < 4.78 is 5.02. The monoisotopic (exact) mass is 234 g/mol. The standard InChI is InChI=1S/C12H18N4O/c1-16(2)11-7-6-9-12(15-11)14-10(13-9)5-4-8-17-3/h6-7H,4-5,8H2,1-3H3,(H,13,14,15). The van der Waals surface area contributed by atoms with E-state index in [0.29, 0.717) is 0 Å². The fourth-order valence-corrected chi connectivity index (χ4v) is 1.68. The van der Waals surface area contributed by atoms with E-state index < -0.39 is 0 Å². The van der Waals surface area contributed by atoms with Crippen molar-refractivity contribution in [2.75, 3.05) is 32.7 Å². The van der Waals surface area contributed by atoms with Crippen LogP contribution in [0.3, 0.4) is 0 Å². The smallest absolute Gasteiger partial charge is 0.179 e. The van der Waals surface area contributed by atoms with Gasteiger partial charge in [0.25, 0.3) is 0 Å². The number of nitrogens with zero attached hydrogens (tertiary/aromatic N) is 3. The molecular weight excluding hydrogens is 216 g/mol. The number of H-pyrrole nitrogens is 1. The highest BCUT2D eigenvalue weighted by Crippen LogP contribution is 2.15. The molecule has 0 aliphatic heterocycles. The predicted octanol–water partition coefficient (Wildman–Crippen LogP) is 1.60. The van der Waals surface area contributed by atoms with Crippen molar-refractivity contribution in [3.8, 4) is 0 Å². The first-order chi connectivity index (χ1) is 8.20. The molecule has 2 rings (SSSR count). The lowest BCUT2D eigenvalue weighted by molar-refractivity contribution is 0.194. The fourth-order valence-electron chi connectivity index (χ4n) is 1.68. The van der Waals surface area contributed by atoms with E-state index in [1.807, 2.05) is 31.1 Å². The largest absolute Gasteiger partial charge is 0.385 e. The average Bonchev–Trinajstić information content (AvgIpc) is 2.70. The maximum atomic E-state index is 5.02.